The number of phenols is 2. The van der Waals surface area contributed by atoms with Crippen LogP contribution < -0.4 is 0 Å². The molecular formula is C27H36O2. The molecule has 2 saturated carbocycles. The lowest BCUT2D eigenvalue weighted by Crippen LogP contribution is -2.07. The van der Waals surface area contributed by atoms with Gasteiger partial charge in [-0.15, -0.1) is 0 Å². The van der Waals surface area contributed by atoms with Crippen LogP contribution in [0.15, 0.2) is 24.3 Å². The molecule has 0 unspecified atom stereocenters. The Kier molecular flexibility index (Phi) is 6.18. The van der Waals surface area contributed by atoms with Crippen molar-refractivity contribution in [2.45, 2.75) is 96.3 Å². The fourth-order valence-electron chi connectivity index (χ4n) is 5.66. The van der Waals surface area contributed by atoms with Crippen molar-refractivity contribution in [3.8, 4) is 11.5 Å². The second-order valence-electron chi connectivity index (χ2n) is 9.55. The first kappa shape index (κ1) is 20.3. The van der Waals surface area contributed by atoms with Crippen LogP contribution in [0, 0.1) is 13.8 Å². The van der Waals surface area contributed by atoms with E-state index >= 15 is 0 Å². The number of hydrogen-bond acceptors (Lipinski definition) is 2. The summed E-state index contributed by atoms with van der Waals surface area (Å²) in [6.07, 6.45) is 13.4. The van der Waals surface area contributed by atoms with Gasteiger partial charge in [0.15, 0.2) is 0 Å². The van der Waals surface area contributed by atoms with Gasteiger partial charge in [0.05, 0.1) is 0 Å². The van der Waals surface area contributed by atoms with Gasteiger partial charge >= 0.3 is 0 Å². The first-order chi connectivity index (χ1) is 14.0. The Morgan fingerprint density at radius 3 is 1.38 bits per heavy atom. The molecule has 0 aromatic heterocycles. The van der Waals surface area contributed by atoms with Crippen molar-refractivity contribution in [3.05, 3.63) is 57.6 Å². The second kappa shape index (κ2) is 8.81. The van der Waals surface area contributed by atoms with Gasteiger partial charge in [-0.1, -0.05) is 62.8 Å². The molecule has 0 radical (unpaired) electrons. The number of hydrogen-bond donors (Lipinski definition) is 2. The van der Waals surface area contributed by atoms with Crippen LogP contribution in [0.25, 0.3) is 0 Å². The summed E-state index contributed by atoms with van der Waals surface area (Å²) in [5.74, 6) is 2.01. The molecule has 0 heterocycles. The van der Waals surface area contributed by atoms with Crippen LogP contribution >= 0.6 is 0 Å². The highest BCUT2D eigenvalue weighted by Crippen LogP contribution is 2.41. The van der Waals surface area contributed by atoms with E-state index in [1.807, 2.05) is 13.8 Å². The van der Waals surface area contributed by atoms with Gasteiger partial charge in [0, 0.05) is 0 Å². The van der Waals surface area contributed by atoms with Crippen molar-refractivity contribution in [2.24, 2.45) is 0 Å². The maximum absolute atomic E-state index is 10.7. The predicted molar refractivity (Wildman–Crippen MR) is 120 cm³/mol. The van der Waals surface area contributed by atoms with E-state index in [1.165, 1.54) is 75.3 Å². The normalized spacial score (nSPS) is 18.8. The van der Waals surface area contributed by atoms with Gasteiger partial charge in [0.2, 0.25) is 0 Å². The van der Waals surface area contributed by atoms with Gasteiger partial charge in [-0.05, 0) is 91.2 Å². The molecule has 2 aliphatic rings. The summed E-state index contributed by atoms with van der Waals surface area (Å²) >= 11 is 0. The Hall–Kier alpha value is -1.96. The Morgan fingerprint density at radius 2 is 1.00 bits per heavy atom. The van der Waals surface area contributed by atoms with Gasteiger partial charge in [-0.3, -0.25) is 0 Å². The molecule has 2 N–H and O–H groups in total. The molecule has 0 amide bonds. The third kappa shape index (κ3) is 4.47. The van der Waals surface area contributed by atoms with Crippen molar-refractivity contribution < 1.29 is 10.2 Å². The standard InChI is InChI=1S/C27H36O2/c1-18-13-20(16-24(26(18)28)22-9-5-3-6-10-22)15-21-14-19(2)27(29)25(17-21)23-11-7-4-8-12-23/h13-14,16-17,22-23,28-29H,3-12,15H2,1-2H3. The van der Waals surface area contributed by atoms with E-state index in [1.54, 1.807) is 0 Å². The highest BCUT2D eigenvalue weighted by Gasteiger charge is 2.22. The van der Waals surface area contributed by atoms with Gasteiger partial charge in [-0.2, -0.15) is 0 Å². The number of benzene rings is 2. The fourth-order valence-corrected chi connectivity index (χ4v) is 5.66. The van der Waals surface area contributed by atoms with Crippen LogP contribution in [0.1, 0.15) is 109 Å². The maximum Gasteiger partial charge on any atom is 0.121 e. The van der Waals surface area contributed by atoms with E-state index < -0.39 is 0 Å². The summed E-state index contributed by atoms with van der Waals surface area (Å²) in [5, 5.41) is 21.4. The van der Waals surface area contributed by atoms with Gasteiger partial charge < -0.3 is 10.2 Å². The molecule has 0 saturated heterocycles. The fraction of sp³-hybridized carbons (Fsp3) is 0.556. The van der Waals surface area contributed by atoms with Gasteiger partial charge in [-0.25, -0.2) is 0 Å². The van der Waals surface area contributed by atoms with Crippen molar-refractivity contribution in [3.63, 3.8) is 0 Å². The zero-order valence-corrected chi connectivity index (χ0v) is 18.1. The lowest BCUT2D eigenvalue weighted by Gasteiger charge is -2.25. The molecule has 4 rings (SSSR count). The lowest BCUT2D eigenvalue weighted by atomic mass is 9.81. The Bertz CT molecular complexity index is 784. The lowest BCUT2D eigenvalue weighted by molar-refractivity contribution is 0.412. The minimum absolute atomic E-state index is 0.502. The van der Waals surface area contributed by atoms with E-state index in [0.29, 0.717) is 23.3 Å². The summed E-state index contributed by atoms with van der Waals surface area (Å²) in [5.41, 5.74) is 6.85. The van der Waals surface area contributed by atoms with Crippen molar-refractivity contribution in [2.75, 3.05) is 0 Å². The highest BCUT2D eigenvalue weighted by molar-refractivity contribution is 5.49. The molecule has 2 aromatic carbocycles. The molecule has 0 spiro atoms. The van der Waals surface area contributed by atoms with E-state index in [9.17, 15) is 10.2 Å². The monoisotopic (exact) mass is 392 g/mol. The van der Waals surface area contributed by atoms with Gasteiger partial charge in [0.25, 0.3) is 0 Å². The minimum atomic E-state index is 0.502. The van der Waals surface area contributed by atoms with E-state index in [2.05, 4.69) is 24.3 Å². The average molecular weight is 393 g/mol. The molecule has 2 fully saturated rings. The molecule has 29 heavy (non-hydrogen) atoms. The number of aromatic hydroxyl groups is 2. The molecule has 2 heteroatoms. The topological polar surface area (TPSA) is 40.5 Å². The summed E-state index contributed by atoms with van der Waals surface area (Å²) < 4.78 is 0. The third-order valence-electron chi connectivity index (χ3n) is 7.28. The molecule has 0 atom stereocenters. The average Bonchev–Trinajstić information content (AvgIpc) is 2.74. The smallest absolute Gasteiger partial charge is 0.121 e. The summed E-state index contributed by atoms with van der Waals surface area (Å²) in [6.45, 7) is 4.06. The highest BCUT2D eigenvalue weighted by atomic mass is 16.3. The molecule has 156 valence electrons. The first-order valence-corrected chi connectivity index (χ1v) is 11.7. The number of aryl methyl sites for hydroxylation is 2. The van der Waals surface area contributed by atoms with Crippen molar-refractivity contribution in [1.29, 1.82) is 0 Å². The SMILES string of the molecule is Cc1cc(Cc2cc(C)c(O)c(C3CCCCC3)c2)cc(C2CCCCC2)c1O. The van der Waals surface area contributed by atoms with Crippen molar-refractivity contribution in [1.82, 2.24) is 0 Å². The first-order valence-electron chi connectivity index (χ1n) is 11.7. The zero-order chi connectivity index (χ0) is 20.4. The minimum Gasteiger partial charge on any atom is -0.507 e. The molecule has 2 aliphatic carbocycles. The second-order valence-corrected chi connectivity index (χ2v) is 9.55. The van der Waals surface area contributed by atoms with E-state index in [0.717, 1.165) is 28.7 Å². The van der Waals surface area contributed by atoms with Gasteiger partial charge in [0.1, 0.15) is 11.5 Å². The Labute approximate surface area is 176 Å². The number of rotatable bonds is 4. The van der Waals surface area contributed by atoms with Crippen molar-refractivity contribution >= 4 is 0 Å². The molecule has 0 bridgehead atoms. The molecular weight excluding hydrogens is 356 g/mol. The van der Waals surface area contributed by atoms with Crippen LogP contribution in [0.2, 0.25) is 0 Å². The molecule has 2 nitrogen and oxygen atoms in total. The Morgan fingerprint density at radius 1 is 0.621 bits per heavy atom. The zero-order valence-electron chi connectivity index (χ0n) is 18.1. The van der Waals surface area contributed by atoms with Crippen LogP contribution in [0.5, 0.6) is 11.5 Å². The van der Waals surface area contributed by atoms with E-state index in [-0.39, 0.29) is 0 Å². The summed E-state index contributed by atoms with van der Waals surface area (Å²) in [7, 11) is 0. The predicted octanol–water partition coefficient (Wildman–Crippen LogP) is 7.40. The van der Waals surface area contributed by atoms with Crippen LogP contribution in [-0.2, 0) is 6.42 Å². The van der Waals surface area contributed by atoms with E-state index in [4.69, 9.17) is 0 Å². The quantitative estimate of drug-likeness (QED) is 0.569. The van der Waals surface area contributed by atoms with Crippen LogP contribution in [-0.4, -0.2) is 10.2 Å². The summed E-state index contributed by atoms with van der Waals surface area (Å²) in [4.78, 5) is 0. The summed E-state index contributed by atoms with van der Waals surface area (Å²) in [6, 6.07) is 8.79. The third-order valence-corrected chi connectivity index (χ3v) is 7.28. The number of phenolic OH excluding ortho intramolecular Hbond substituents is 2. The van der Waals surface area contributed by atoms with Crippen LogP contribution in [0.3, 0.4) is 0 Å². The molecule has 0 aliphatic heterocycles. The largest absolute Gasteiger partial charge is 0.507 e. The Balaban J connectivity index is 1.63. The van der Waals surface area contributed by atoms with Crippen LogP contribution in [0.4, 0.5) is 0 Å². The molecule has 2 aromatic rings. The maximum atomic E-state index is 10.7.